The molecule has 0 aromatic heterocycles. The molecule has 2 fully saturated rings. The van der Waals surface area contributed by atoms with E-state index in [2.05, 4.69) is 31.9 Å². The molecule has 2 saturated heterocycles. The fourth-order valence-corrected chi connectivity index (χ4v) is 10.5. The zero-order valence-corrected chi connectivity index (χ0v) is 48.8. The molecule has 4 aliphatic rings. The molecule has 25 nitrogen and oxygen atoms in total. The number of nitrogens with two attached hydrogens (primary N) is 1. The Morgan fingerprint density at radius 2 is 1.65 bits per heavy atom. The molecule has 4 heterocycles. The van der Waals surface area contributed by atoms with Gasteiger partial charge in [-0.05, 0) is 81.7 Å². The van der Waals surface area contributed by atoms with Crippen LogP contribution >= 0.6 is 11.6 Å². The lowest BCUT2D eigenvalue weighted by Crippen LogP contribution is -2.63. The molecule has 10 amide bonds. The van der Waals surface area contributed by atoms with Crippen LogP contribution < -0.4 is 52.0 Å². The average Bonchev–Trinajstić information content (AvgIpc) is 1.99. The Morgan fingerprint density at radius 1 is 0.940 bits per heavy atom. The zero-order valence-electron chi connectivity index (χ0n) is 48.1. The maximum atomic E-state index is 14.5. The molecule has 4 aliphatic heterocycles. The summed E-state index contributed by atoms with van der Waals surface area (Å²) in [6.07, 6.45) is 3.18. The van der Waals surface area contributed by atoms with Gasteiger partial charge in [0.1, 0.15) is 52.5 Å². The number of anilines is 3. The number of methoxy groups -OCH3 is 3. The maximum absolute atomic E-state index is 14.5. The number of allylic oxidation sites excluding steroid dienone is 3. The van der Waals surface area contributed by atoms with Crippen LogP contribution in [0.2, 0.25) is 5.02 Å². The molecule has 0 unspecified atom stereocenters. The highest BCUT2D eigenvalue weighted by Crippen LogP contribution is 2.49. The standard InChI is InChI=1S/C57H76ClN9O16/c1-31(2)49(64-44(68)18-11-10-12-24-67-45(69)21-22-46(67)70)52(73)62-37(16-14-23-60-53(59)74)51(72)61-35-19-20-36(39(28-35)78-7)63-54(75)82-43-29-47(71)66(6)38-26-34(27-40(79-8)48(38)58)25-32(3)15-13-17-42(80-9)57(77)30-41(81-55(76)65-57)33(4)50-56(43,5)83-50/h13,15,17,19-22,26-28,31,33,37,41-43,49-50,77H,10-12,14,16,18,23-25,29-30H2,1-9H3,(H,61,72)(H,62,73)(H,63,75)(H,64,68)(H,65,76)(H3,59,60,74)/b17-13+,32-15+/t33-,37+,41+,42-,43+,49+,50+,56+,57+/m1/s1. The molecule has 6 rings (SSSR count). The largest absolute Gasteiger partial charge is 0.495 e. The third kappa shape index (κ3) is 16.7. The molecule has 0 radical (unpaired) electrons. The van der Waals surface area contributed by atoms with Crippen LogP contribution in [0.3, 0.4) is 0 Å². The van der Waals surface area contributed by atoms with Crippen molar-refractivity contribution in [1.82, 2.24) is 26.2 Å². The summed E-state index contributed by atoms with van der Waals surface area (Å²) in [5, 5.41) is 27.9. The van der Waals surface area contributed by atoms with E-state index in [0.717, 1.165) is 16.0 Å². The first-order valence-corrected chi connectivity index (χ1v) is 27.7. The van der Waals surface area contributed by atoms with Crippen molar-refractivity contribution in [3.63, 3.8) is 0 Å². The van der Waals surface area contributed by atoms with Crippen LogP contribution in [0.4, 0.5) is 31.4 Å². The van der Waals surface area contributed by atoms with Gasteiger partial charge in [0.25, 0.3) is 11.8 Å². The van der Waals surface area contributed by atoms with E-state index in [4.69, 9.17) is 45.8 Å². The molecule has 452 valence electrons. The Kier molecular flexibility index (Phi) is 22.1. The quantitative estimate of drug-likeness (QED) is 0.0469. The molecular formula is C57H76ClN9O16. The maximum Gasteiger partial charge on any atom is 0.412 e. The Balaban J connectivity index is 1.18. The summed E-state index contributed by atoms with van der Waals surface area (Å²) in [6.45, 7) is 9.05. The number of primary amides is 1. The van der Waals surface area contributed by atoms with Gasteiger partial charge in [-0.1, -0.05) is 62.6 Å². The number of rotatable bonds is 21. The monoisotopic (exact) mass is 1180 g/mol. The highest BCUT2D eigenvalue weighted by Gasteiger charge is 2.64. The predicted octanol–water partition coefficient (Wildman–Crippen LogP) is 4.88. The predicted molar refractivity (Wildman–Crippen MR) is 304 cm³/mol. The first kappa shape index (κ1) is 64.4. The number of epoxide rings is 1. The van der Waals surface area contributed by atoms with Gasteiger partial charge in [-0.2, -0.15) is 0 Å². The van der Waals surface area contributed by atoms with Crippen molar-refractivity contribution in [2.24, 2.45) is 17.6 Å². The second-order valence-corrected chi connectivity index (χ2v) is 21.9. The fourth-order valence-electron chi connectivity index (χ4n) is 10.2. The summed E-state index contributed by atoms with van der Waals surface area (Å²) in [4.78, 5) is 120. The molecular weight excluding hydrogens is 1100 g/mol. The number of hydrogen-bond acceptors (Lipinski definition) is 16. The minimum Gasteiger partial charge on any atom is -0.495 e. The van der Waals surface area contributed by atoms with Crippen LogP contribution in [-0.4, -0.2) is 153 Å². The highest BCUT2D eigenvalue weighted by atomic mass is 35.5. The Labute approximate surface area is 486 Å². The second kappa shape index (κ2) is 28.5. The van der Waals surface area contributed by atoms with Gasteiger partial charge in [-0.3, -0.25) is 44.3 Å². The van der Waals surface area contributed by atoms with Crippen LogP contribution in [0.1, 0.15) is 91.5 Å². The molecule has 26 heteroatoms. The molecule has 9 N–H and O–H groups in total. The van der Waals surface area contributed by atoms with Crippen LogP contribution in [0.5, 0.6) is 11.5 Å². The van der Waals surface area contributed by atoms with E-state index >= 15 is 0 Å². The molecule has 2 aromatic rings. The summed E-state index contributed by atoms with van der Waals surface area (Å²) >= 11 is 6.84. The number of unbranched alkanes of at least 4 members (excludes halogenated alkanes) is 2. The van der Waals surface area contributed by atoms with E-state index in [9.17, 15) is 48.3 Å². The molecule has 4 bridgehead atoms. The Bertz CT molecular complexity index is 2860. The summed E-state index contributed by atoms with van der Waals surface area (Å²) in [7, 11) is 5.70. The van der Waals surface area contributed by atoms with Crippen molar-refractivity contribution >= 4 is 82.3 Å². The lowest BCUT2D eigenvalue weighted by molar-refractivity contribution is -0.142. The SMILES string of the molecule is COc1cc(NC(=O)[C@H](CCCNC(N)=O)NC(=O)[C@@H](NC(=O)CCCCCN2C(=O)C=CC2=O)C(C)C)ccc1NC(=O)O[C@H]1CC(=O)N(C)c2cc(cc(OC)c2Cl)C/C(C)=C/C=C/[C@@H](OC)[C@@]2(O)C[C@H](OC(=O)N2)[C@@H](C)[C@@H]2O[C@@]12C. The van der Waals surface area contributed by atoms with Gasteiger partial charge in [0.2, 0.25) is 23.6 Å². The van der Waals surface area contributed by atoms with Gasteiger partial charge in [0, 0.05) is 69.9 Å². The first-order chi connectivity index (χ1) is 39.3. The lowest BCUT2D eigenvalue weighted by Gasteiger charge is -2.42. The van der Waals surface area contributed by atoms with E-state index in [1.165, 1.54) is 63.6 Å². The molecule has 9 atom stereocenters. The third-order valence-electron chi connectivity index (χ3n) is 15.0. The van der Waals surface area contributed by atoms with Crippen LogP contribution in [0.15, 0.2) is 66.3 Å². The van der Waals surface area contributed by atoms with Crippen molar-refractivity contribution in [3.8, 4) is 11.5 Å². The third-order valence-corrected chi connectivity index (χ3v) is 15.3. The molecule has 83 heavy (non-hydrogen) atoms. The molecule has 2 aromatic carbocycles. The number of nitrogens with one attached hydrogen (secondary N) is 6. The number of hydrogen-bond donors (Lipinski definition) is 8. The smallest absolute Gasteiger partial charge is 0.412 e. The van der Waals surface area contributed by atoms with Gasteiger partial charge >= 0.3 is 18.2 Å². The molecule has 0 aliphatic carbocycles. The van der Waals surface area contributed by atoms with Gasteiger partial charge in [0.05, 0.1) is 38.1 Å². The minimum atomic E-state index is -1.91. The van der Waals surface area contributed by atoms with Crippen molar-refractivity contribution in [3.05, 3.63) is 76.9 Å². The summed E-state index contributed by atoms with van der Waals surface area (Å²) in [5.74, 6) is -3.70. The summed E-state index contributed by atoms with van der Waals surface area (Å²) in [6, 6.07) is 4.77. The number of aliphatic hydroxyl groups is 1. The van der Waals surface area contributed by atoms with E-state index in [1.807, 2.05) is 13.0 Å². The number of nitrogens with zero attached hydrogens (tertiary/aromatic N) is 2. The van der Waals surface area contributed by atoms with Crippen molar-refractivity contribution in [1.29, 1.82) is 0 Å². The number of urea groups is 1. The van der Waals surface area contributed by atoms with Gasteiger partial charge in [-0.15, -0.1) is 0 Å². The molecule has 0 saturated carbocycles. The van der Waals surface area contributed by atoms with Crippen LogP contribution in [-0.2, 0) is 54.1 Å². The second-order valence-electron chi connectivity index (χ2n) is 21.5. The van der Waals surface area contributed by atoms with Gasteiger partial charge in [0.15, 0.2) is 5.72 Å². The number of carbonyl (C=O) groups is 9. The fraction of sp³-hybridized carbons (Fsp3) is 0.526. The number of alkyl carbamates (subject to hydrolysis) is 1. The van der Waals surface area contributed by atoms with E-state index in [-0.39, 0.29) is 72.7 Å². The first-order valence-electron chi connectivity index (χ1n) is 27.3. The molecule has 0 spiro atoms. The lowest BCUT2D eigenvalue weighted by atomic mass is 9.83. The highest BCUT2D eigenvalue weighted by molar-refractivity contribution is 6.35. The zero-order chi connectivity index (χ0) is 60.9. The van der Waals surface area contributed by atoms with Crippen molar-refractivity contribution in [2.45, 2.75) is 140 Å². The van der Waals surface area contributed by atoms with Gasteiger partial charge in [-0.25, -0.2) is 14.4 Å². The van der Waals surface area contributed by atoms with E-state index in [0.29, 0.717) is 37.1 Å². The van der Waals surface area contributed by atoms with Crippen LogP contribution in [0, 0.1) is 11.8 Å². The van der Waals surface area contributed by atoms with Crippen molar-refractivity contribution < 1.29 is 76.7 Å². The number of carbonyl (C=O) groups excluding carboxylic acids is 9. The van der Waals surface area contributed by atoms with Crippen LogP contribution in [0.25, 0.3) is 0 Å². The van der Waals surface area contributed by atoms with Gasteiger partial charge < -0.3 is 65.4 Å². The number of benzene rings is 2. The Morgan fingerprint density at radius 3 is 2.31 bits per heavy atom. The number of ether oxygens (including phenoxy) is 6. The van der Waals surface area contributed by atoms with E-state index in [1.54, 1.807) is 52.0 Å². The summed E-state index contributed by atoms with van der Waals surface area (Å²) in [5.41, 5.74) is 4.17. The number of halogens is 1. The normalized spacial score (nSPS) is 25.1. The topological polar surface area (TPSA) is 337 Å². The number of amides is 10. The number of fused-ring (bicyclic) bond motifs is 5. The number of imide groups is 1. The van der Waals surface area contributed by atoms with E-state index < -0.39 is 108 Å². The Hall–Kier alpha value is -7.74. The average molecular weight is 1180 g/mol. The minimum absolute atomic E-state index is 0.0283. The summed E-state index contributed by atoms with van der Waals surface area (Å²) < 4.78 is 35.0. The van der Waals surface area contributed by atoms with Crippen molar-refractivity contribution in [2.75, 3.05) is 57.0 Å².